The Bertz CT molecular complexity index is 1090. The third-order valence-corrected chi connectivity index (χ3v) is 7.37. The molecule has 0 spiro atoms. The highest BCUT2D eigenvalue weighted by molar-refractivity contribution is 7.98. The molecule has 0 unspecified atom stereocenters. The molecule has 34 heavy (non-hydrogen) atoms. The van der Waals surface area contributed by atoms with Crippen LogP contribution in [-0.4, -0.2) is 56.5 Å². The number of benzene rings is 2. The van der Waals surface area contributed by atoms with Crippen molar-refractivity contribution in [3.8, 4) is 0 Å². The first-order valence-corrected chi connectivity index (χ1v) is 12.4. The average molecular weight is 486 g/mol. The van der Waals surface area contributed by atoms with Crippen molar-refractivity contribution in [2.75, 3.05) is 43.0 Å². The SMILES string of the molecule is COC(=O)[C@@]1(CCSC)N[C@H](c2ccc(N(C)C)cc2)[C@@H]2C(=O)N(c3ccc(F)cc3)C(=O)[C@H]21. The molecule has 2 aliphatic rings. The summed E-state index contributed by atoms with van der Waals surface area (Å²) in [5.74, 6) is -3.07. The van der Waals surface area contributed by atoms with Crippen molar-refractivity contribution in [1.29, 1.82) is 0 Å². The monoisotopic (exact) mass is 485 g/mol. The minimum absolute atomic E-state index is 0.288. The molecular weight excluding hydrogens is 457 g/mol. The molecule has 4 atom stereocenters. The fraction of sp³-hybridized carbons (Fsp3) is 0.400. The maximum absolute atomic E-state index is 13.8. The number of imide groups is 1. The lowest BCUT2D eigenvalue weighted by atomic mass is 9.78. The number of fused-ring (bicyclic) bond motifs is 1. The number of thioether (sulfide) groups is 1. The van der Waals surface area contributed by atoms with Gasteiger partial charge in [-0.2, -0.15) is 11.8 Å². The number of halogens is 1. The van der Waals surface area contributed by atoms with Gasteiger partial charge in [-0.05, 0) is 60.4 Å². The minimum Gasteiger partial charge on any atom is -0.468 e. The highest BCUT2D eigenvalue weighted by atomic mass is 32.2. The van der Waals surface area contributed by atoms with E-state index in [4.69, 9.17) is 4.74 Å². The number of carbonyl (C=O) groups excluding carboxylic acids is 3. The van der Waals surface area contributed by atoms with Crippen LogP contribution in [0.5, 0.6) is 0 Å². The maximum Gasteiger partial charge on any atom is 0.326 e. The highest BCUT2D eigenvalue weighted by Gasteiger charge is 2.68. The summed E-state index contributed by atoms with van der Waals surface area (Å²) >= 11 is 1.55. The van der Waals surface area contributed by atoms with Gasteiger partial charge in [0.25, 0.3) is 0 Å². The van der Waals surface area contributed by atoms with E-state index in [9.17, 15) is 18.8 Å². The normalized spacial score (nSPS) is 26.0. The molecule has 0 saturated carbocycles. The van der Waals surface area contributed by atoms with Crippen molar-refractivity contribution in [1.82, 2.24) is 5.32 Å². The van der Waals surface area contributed by atoms with Gasteiger partial charge in [0.05, 0.1) is 24.6 Å². The van der Waals surface area contributed by atoms with Gasteiger partial charge in [-0.3, -0.25) is 19.7 Å². The second kappa shape index (κ2) is 9.38. The van der Waals surface area contributed by atoms with Gasteiger partial charge < -0.3 is 9.64 Å². The standard InChI is InChI=1S/C25H28FN3O4S/c1-28(2)17-9-5-15(6-10-17)21-19-20(25(27-21,13-14-34-4)24(32)33-3)23(31)29(22(19)30)18-11-7-16(26)8-12-18/h5-12,19-21,27H,13-14H2,1-4H3/t19-,20+,21-,25+/m1/s1. The number of carbonyl (C=O) groups is 3. The third-order valence-electron chi connectivity index (χ3n) is 6.76. The predicted molar refractivity (Wildman–Crippen MR) is 130 cm³/mol. The molecule has 0 bridgehead atoms. The molecular formula is C25H28FN3O4S. The number of nitrogens with zero attached hydrogens (tertiary/aromatic N) is 2. The largest absolute Gasteiger partial charge is 0.468 e. The predicted octanol–water partition coefficient (Wildman–Crippen LogP) is 3.01. The van der Waals surface area contributed by atoms with Crippen molar-refractivity contribution in [2.24, 2.45) is 11.8 Å². The van der Waals surface area contributed by atoms with E-state index >= 15 is 0 Å². The second-order valence-electron chi connectivity index (χ2n) is 8.81. The Kier molecular flexibility index (Phi) is 6.69. The van der Waals surface area contributed by atoms with Crippen molar-refractivity contribution >= 4 is 40.9 Å². The number of methoxy groups -OCH3 is 1. The van der Waals surface area contributed by atoms with E-state index < -0.39 is 47.0 Å². The molecule has 7 nitrogen and oxygen atoms in total. The van der Waals surface area contributed by atoms with Gasteiger partial charge in [-0.1, -0.05) is 12.1 Å². The Morgan fingerprint density at radius 1 is 1.12 bits per heavy atom. The lowest BCUT2D eigenvalue weighted by Gasteiger charge is -2.32. The van der Waals surface area contributed by atoms with E-state index in [2.05, 4.69) is 5.32 Å². The van der Waals surface area contributed by atoms with Crippen LogP contribution in [0.4, 0.5) is 15.8 Å². The van der Waals surface area contributed by atoms with Crippen molar-refractivity contribution in [2.45, 2.75) is 18.0 Å². The summed E-state index contributed by atoms with van der Waals surface area (Å²) in [6.07, 6.45) is 2.24. The quantitative estimate of drug-likeness (QED) is 0.477. The zero-order valence-corrected chi connectivity index (χ0v) is 20.4. The molecule has 2 aliphatic heterocycles. The van der Waals surface area contributed by atoms with Crippen LogP contribution in [0, 0.1) is 17.7 Å². The number of ether oxygens (including phenoxy) is 1. The molecule has 1 N–H and O–H groups in total. The summed E-state index contributed by atoms with van der Waals surface area (Å²) < 4.78 is 18.7. The minimum atomic E-state index is -1.35. The van der Waals surface area contributed by atoms with Crippen molar-refractivity contribution in [3.63, 3.8) is 0 Å². The Hall–Kier alpha value is -2.91. The van der Waals surface area contributed by atoms with Gasteiger partial charge in [0, 0.05) is 25.8 Å². The molecule has 2 amide bonds. The molecule has 0 radical (unpaired) electrons. The zero-order chi connectivity index (χ0) is 24.6. The first-order valence-electron chi connectivity index (χ1n) is 11.0. The van der Waals surface area contributed by atoms with Crippen LogP contribution in [0.3, 0.4) is 0 Å². The number of anilines is 2. The molecule has 2 aromatic rings. The smallest absolute Gasteiger partial charge is 0.326 e. The summed E-state index contributed by atoms with van der Waals surface area (Å²) in [4.78, 5) is 43.7. The summed E-state index contributed by atoms with van der Waals surface area (Å²) in [6.45, 7) is 0. The van der Waals surface area contributed by atoms with E-state index in [0.717, 1.165) is 16.2 Å². The van der Waals surface area contributed by atoms with Crippen molar-refractivity contribution in [3.05, 3.63) is 59.9 Å². The number of hydrogen-bond donors (Lipinski definition) is 1. The van der Waals surface area contributed by atoms with Gasteiger partial charge in [0.15, 0.2) is 0 Å². The second-order valence-corrected chi connectivity index (χ2v) is 9.79. The van der Waals surface area contributed by atoms with Crippen LogP contribution < -0.4 is 15.1 Å². The van der Waals surface area contributed by atoms with Gasteiger partial charge in [0.1, 0.15) is 11.4 Å². The fourth-order valence-corrected chi connectivity index (χ4v) is 5.60. The Labute approximate surface area is 202 Å². The fourth-order valence-electron chi connectivity index (χ4n) is 5.08. The molecule has 9 heteroatoms. The molecule has 180 valence electrons. The van der Waals surface area contributed by atoms with Crippen molar-refractivity contribution < 1.29 is 23.5 Å². The first-order chi connectivity index (χ1) is 16.2. The first kappa shape index (κ1) is 24.2. The highest BCUT2D eigenvalue weighted by Crippen LogP contribution is 2.51. The van der Waals surface area contributed by atoms with Crippen LogP contribution in [0.15, 0.2) is 48.5 Å². The number of esters is 1. The molecule has 0 aromatic heterocycles. The number of nitrogens with one attached hydrogen (secondary N) is 1. The number of amides is 2. The summed E-state index contributed by atoms with van der Waals surface area (Å²) in [5, 5.41) is 3.37. The van der Waals surface area contributed by atoms with Crippen LogP contribution in [0.1, 0.15) is 18.0 Å². The van der Waals surface area contributed by atoms with E-state index in [0.29, 0.717) is 12.2 Å². The molecule has 2 heterocycles. The van der Waals surface area contributed by atoms with Crippen LogP contribution in [0.25, 0.3) is 0 Å². The van der Waals surface area contributed by atoms with Gasteiger partial charge in [0.2, 0.25) is 11.8 Å². The van der Waals surface area contributed by atoms with Crippen LogP contribution >= 0.6 is 11.8 Å². The Morgan fingerprint density at radius 2 is 1.76 bits per heavy atom. The molecule has 2 fully saturated rings. The number of hydrogen-bond acceptors (Lipinski definition) is 7. The average Bonchev–Trinajstić information content (AvgIpc) is 3.32. The van der Waals surface area contributed by atoms with E-state index in [1.165, 1.54) is 31.4 Å². The van der Waals surface area contributed by atoms with E-state index in [-0.39, 0.29) is 5.69 Å². The van der Waals surface area contributed by atoms with Crippen LogP contribution in [-0.2, 0) is 19.1 Å². The van der Waals surface area contributed by atoms with Gasteiger partial charge in [-0.15, -0.1) is 0 Å². The Morgan fingerprint density at radius 3 is 2.32 bits per heavy atom. The molecule has 2 saturated heterocycles. The lowest BCUT2D eigenvalue weighted by molar-refractivity contribution is -0.152. The summed E-state index contributed by atoms with van der Waals surface area (Å²) in [6, 6.07) is 12.3. The van der Waals surface area contributed by atoms with Gasteiger partial charge in [-0.25, -0.2) is 9.29 Å². The molecule has 4 rings (SSSR count). The molecule has 0 aliphatic carbocycles. The number of rotatable bonds is 7. The molecule has 2 aromatic carbocycles. The Balaban J connectivity index is 1.83. The lowest BCUT2D eigenvalue weighted by Crippen LogP contribution is -2.56. The van der Waals surface area contributed by atoms with E-state index in [1.807, 2.05) is 49.5 Å². The zero-order valence-electron chi connectivity index (χ0n) is 19.6. The third kappa shape index (κ3) is 3.86. The summed E-state index contributed by atoms with van der Waals surface area (Å²) in [7, 11) is 5.16. The van der Waals surface area contributed by atoms with Crippen LogP contribution in [0.2, 0.25) is 0 Å². The van der Waals surface area contributed by atoms with E-state index in [1.54, 1.807) is 11.8 Å². The summed E-state index contributed by atoms with van der Waals surface area (Å²) in [5.41, 5.74) is 0.727. The van der Waals surface area contributed by atoms with Gasteiger partial charge >= 0.3 is 5.97 Å². The topological polar surface area (TPSA) is 79.0 Å². The maximum atomic E-state index is 13.8.